The molecule has 246 valence electrons. The zero-order valence-electron chi connectivity index (χ0n) is 27.1. The number of nitrogens with one attached hydrogen (secondary N) is 1. The van der Waals surface area contributed by atoms with Gasteiger partial charge in [-0.25, -0.2) is 0 Å². The molecular formula is C33H36BrIN9O3-. The second kappa shape index (κ2) is 11.7. The molecule has 3 saturated heterocycles. The van der Waals surface area contributed by atoms with Gasteiger partial charge in [-0.2, -0.15) is 0 Å². The molecule has 0 aliphatic carbocycles. The first-order valence-electron chi connectivity index (χ1n) is 15.5. The van der Waals surface area contributed by atoms with Gasteiger partial charge in [-0.1, -0.05) is 0 Å². The van der Waals surface area contributed by atoms with Crippen LogP contribution in [0.1, 0.15) is 54.8 Å². The van der Waals surface area contributed by atoms with Gasteiger partial charge in [0.1, 0.15) is 5.82 Å². The molecule has 2 amide bonds. The summed E-state index contributed by atoms with van der Waals surface area (Å²) in [6.07, 6.45) is 4.04. The van der Waals surface area contributed by atoms with E-state index in [9.17, 15) is 14.4 Å². The molecule has 7 heterocycles. The Morgan fingerprint density at radius 2 is 1.81 bits per heavy atom. The van der Waals surface area contributed by atoms with Crippen LogP contribution in [0.3, 0.4) is 0 Å². The van der Waals surface area contributed by atoms with E-state index in [2.05, 4.69) is 60.0 Å². The third kappa shape index (κ3) is 5.96. The molecule has 12 nitrogen and oxygen atoms in total. The van der Waals surface area contributed by atoms with Gasteiger partial charge >= 0.3 is 280 Å². The van der Waals surface area contributed by atoms with Crippen molar-refractivity contribution in [3.63, 3.8) is 0 Å². The molecule has 4 aromatic rings. The third-order valence-corrected chi connectivity index (χ3v) is 13.9. The Kier molecular flexibility index (Phi) is 7.98. The van der Waals surface area contributed by atoms with Crippen LogP contribution < -0.4 is 26.5 Å². The Labute approximate surface area is 291 Å². The van der Waals surface area contributed by atoms with Gasteiger partial charge in [-0.05, 0) is 6.92 Å². The van der Waals surface area contributed by atoms with E-state index in [0.29, 0.717) is 50.4 Å². The molecule has 14 heteroatoms. The van der Waals surface area contributed by atoms with Crippen LogP contribution in [-0.2, 0) is 16.1 Å². The molecule has 0 spiro atoms. The molecule has 3 aliphatic rings. The summed E-state index contributed by atoms with van der Waals surface area (Å²) in [6.45, 7) is 14.4. The van der Waals surface area contributed by atoms with E-state index in [-0.39, 0.29) is 58.5 Å². The van der Waals surface area contributed by atoms with Crippen molar-refractivity contribution >= 4 is 50.2 Å². The van der Waals surface area contributed by atoms with E-state index in [0.717, 1.165) is 30.8 Å². The number of carbonyl (C=O) groups excluding carboxylic acids is 3. The van der Waals surface area contributed by atoms with Crippen molar-refractivity contribution < 1.29 is 35.6 Å². The molecule has 1 N–H and O–H groups in total. The zero-order chi connectivity index (χ0) is 33.4. The Morgan fingerprint density at radius 1 is 1.09 bits per heavy atom. The number of pyridine rings is 2. The fourth-order valence-electron chi connectivity index (χ4n) is 7.02. The molecule has 3 atom stereocenters. The molecule has 47 heavy (non-hydrogen) atoms. The predicted molar refractivity (Wildman–Crippen MR) is 175 cm³/mol. The van der Waals surface area contributed by atoms with Crippen molar-refractivity contribution in [3.8, 4) is 11.3 Å². The number of alkyl halides is 2. The summed E-state index contributed by atoms with van der Waals surface area (Å²) in [5.41, 5.74) is 4.00. The summed E-state index contributed by atoms with van der Waals surface area (Å²) in [6, 6.07) is 4.91. The first-order valence-corrected chi connectivity index (χ1v) is 18.7. The van der Waals surface area contributed by atoms with E-state index in [1.807, 2.05) is 43.9 Å². The van der Waals surface area contributed by atoms with E-state index in [1.165, 1.54) is 6.92 Å². The zero-order valence-corrected chi connectivity index (χ0v) is 30.9. The van der Waals surface area contributed by atoms with Crippen LogP contribution in [0.2, 0.25) is 0 Å². The van der Waals surface area contributed by atoms with E-state index >= 15 is 0 Å². The van der Waals surface area contributed by atoms with Gasteiger partial charge in [0.05, 0.1) is 0 Å². The molecule has 0 aromatic carbocycles. The van der Waals surface area contributed by atoms with E-state index in [4.69, 9.17) is 4.98 Å². The molecule has 0 unspecified atom stereocenters. The number of anilines is 1. The molecule has 3 aliphatic heterocycles. The van der Waals surface area contributed by atoms with Gasteiger partial charge in [0.2, 0.25) is 0 Å². The summed E-state index contributed by atoms with van der Waals surface area (Å²) in [5, 5.41) is 8.28. The summed E-state index contributed by atoms with van der Waals surface area (Å²) in [5.74, 6) is 0.496. The van der Waals surface area contributed by atoms with E-state index < -0.39 is 6.04 Å². The van der Waals surface area contributed by atoms with Crippen molar-refractivity contribution in [2.24, 2.45) is 5.41 Å². The number of aryl methyl sites for hydroxylation is 3. The molecule has 3 fully saturated rings. The second-order valence-electron chi connectivity index (χ2n) is 13.7. The fraction of sp³-hybridized carbons (Fsp3) is 0.455. The molecular weight excluding hydrogens is 777 g/mol. The number of fused-ring (bicyclic) bond motifs is 2. The van der Waals surface area contributed by atoms with Gasteiger partial charge in [0.25, 0.3) is 0 Å². The van der Waals surface area contributed by atoms with Crippen LogP contribution in [0.4, 0.5) is 5.82 Å². The number of carbonyl (C=O) groups is 3. The number of halogens is 2. The first-order chi connectivity index (χ1) is 22.2. The van der Waals surface area contributed by atoms with Crippen LogP contribution >= 0.6 is 15.9 Å². The van der Waals surface area contributed by atoms with E-state index in [1.54, 1.807) is 17.1 Å². The van der Waals surface area contributed by atoms with Crippen molar-refractivity contribution in [2.75, 3.05) is 25.0 Å². The summed E-state index contributed by atoms with van der Waals surface area (Å²) in [4.78, 5) is 63.2. The van der Waals surface area contributed by atoms with Gasteiger partial charge in [-0.15, -0.1) is 0 Å². The normalized spacial score (nSPS) is 23.2. The van der Waals surface area contributed by atoms with Crippen LogP contribution in [0.25, 0.3) is 22.2 Å². The monoisotopic (exact) mass is 812 g/mol. The molecule has 0 bridgehead atoms. The van der Waals surface area contributed by atoms with Crippen LogP contribution in [0.5, 0.6) is 0 Å². The minimum absolute atomic E-state index is 0.0218. The average Bonchev–Trinajstić information content (AvgIpc) is 3.38. The van der Waals surface area contributed by atoms with Gasteiger partial charge in [0.15, 0.2) is 0 Å². The fourth-order valence-corrected chi connectivity index (χ4v) is 11.4. The molecule has 7 rings (SSSR count). The predicted octanol–water partition coefficient (Wildman–Crippen LogP) is 0.923. The third-order valence-electron chi connectivity index (χ3n) is 9.09. The maximum atomic E-state index is 14.4. The molecule has 0 saturated carbocycles. The number of hydrogen-bond acceptors (Lipinski definition) is 9. The summed E-state index contributed by atoms with van der Waals surface area (Å²) in [7, 11) is 0. The second-order valence-corrected chi connectivity index (χ2v) is 18.4. The number of hydrogen-bond donors (Lipinski definition) is 1. The first kappa shape index (κ1) is 32.2. The number of likely N-dealkylation sites (tertiary alicyclic amines) is 2. The molecule has 0 radical (unpaired) electrons. The Balaban J connectivity index is 1.20. The number of rotatable bonds is 8. The average molecular weight is 814 g/mol. The van der Waals surface area contributed by atoms with Crippen molar-refractivity contribution in [3.05, 3.63) is 58.0 Å². The van der Waals surface area contributed by atoms with Gasteiger partial charge in [0, 0.05) is 0 Å². The number of amides is 2. The standard InChI is InChI=1S/C33H36BrIN9O3/c1-17-7-8-25(34)39-29(17)40-30(47)24-10-33(16-42-14-32(5,6)15-42)31(35-33)44(24)26(46)13-43-28-18(2)38-23(21-11-36-20(4)37-12-21)9-22(28)27(41-43)19(3)45/h7-9,11-12,24,31H,10,13-16H2,1-6H3,(H,39,40,47)/q-1/t24-,31-,33-/m0/s1. The van der Waals surface area contributed by atoms with Gasteiger partial charge in [-0.3, -0.25) is 0 Å². The quantitative estimate of drug-likeness (QED) is 0.0906. The number of nitrogens with zero attached hydrogens (tertiary/aromatic N) is 8. The molecule has 4 aromatic heterocycles. The number of aromatic nitrogens is 6. The topological polar surface area (TPSA) is 139 Å². The SMILES string of the molecule is CC(=O)c1nn(CC(=O)N2[C@H](C(=O)Nc3nc(Br)ccc3C)C[C@@]3(CN4CC(C)(C)C4)[I-][C@@H]23)c2c(C)nc(-c3cnc(C)nc3)cc12. The van der Waals surface area contributed by atoms with Crippen LogP contribution in [0, 0.1) is 26.2 Å². The minimum atomic E-state index is -0.628. The Bertz CT molecular complexity index is 1950. The van der Waals surface area contributed by atoms with Crippen LogP contribution in [0.15, 0.2) is 35.2 Å². The van der Waals surface area contributed by atoms with Crippen molar-refractivity contribution in [1.82, 2.24) is 39.5 Å². The summed E-state index contributed by atoms with van der Waals surface area (Å²) >= 11 is 3.07. The van der Waals surface area contributed by atoms with Gasteiger partial charge < -0.3 is 0 Å². The number of ketones is 1. The summed E-state index contributed by atoms with van der Waals surface area (Å²) < 4.78 is 2.25. The maximum absolute atomic E-state index is 14.4. The van der Waals surface area contributed by atoms with Crippen LogP contribution in [-0.4, -0.2) is 90.3 Å². The number of Topliss-reactive ketones (excluding diaryl/α,β-unsaturated/α-hetero) is 1. The van der Waals surface area contributed by atoms with Crippen molar-refractivity contribution in [1.29, 1.82) is 0 Å². The Morgan fingerprint density at radius 3 is 2.49 bits per heavy atom. The Hall–Kier alpha value is -3.37. The van der Waals surface area contributed by atoms with Crippen molar-refractivity contribution in [2.45, 2.75) is 68.0 Å².